The van der Waals surface area contributed by atoms with Gasteiger partial charge in [0.15, 0.2) is 5.96 Å². The molecule has 0 saturated heterocycles. The average molecular weight is 420 g/mol. The van der Waals surface area contributed by atoms with Crippen LogP contribution in [0, 0.1) is 12.3 Å². The number of nitrogens with zero attached hydrogens (tertiary/aromatic N) is 4. The molecule has 0 bridgehead atoms. The predicted molar refractivity (Wildman–Crippen MR) is 98.2 cm³/mol. The lowest BCUT2D eigenvalue weighted by Crippen LogP contribution is -2.47. The number of aryl methyl sites for hydroxylation is 1. The highest BCUT2D eigenvalue weighted by Crippen LogP contribution is 2.11. The number of nitrogens with one attached hydrogen (secondary N) is 2. The first-order chi connectivity index (χ1) is 9.83. The summed E-state index contributed by atoms with van der Waals surface area (Å²) in [5.74, 6) is 6.25. The lowest BCUT2D eigenvalue weighted by molar-refractivity contribution is 0.393. The molecule has 21 heavy (non-hydrogen) atoms. The van der Waals surface area contributed by atoms with Gasteiger partial charge in [-0.15, -0.1) is 42.2 Å². The number of halogens is 1. The maximum Gasteiger partial charge on any atom is 0.191 e. The highest BCUT2D eigenvalue weighted by molar-refractivity contribution is 14.0. The Morgan fingerprint density at radius 2 is 2.52 bits per heavy atom. The van der Waals surface area contributed by atoms with E-state index in [1.807, 2.05) is 4.68 Å². The van der Waals surface area contributed by atoms with E-state index in [9.17, 15) is 0 Å². The fraction of sp³-hybridized carbons (Fsp3) is 0.615. The van der Waals surface area contributed by atoms with E-state index < -0.39 is 0 Å². The molecule has 1 aromatic heterocycles. The SMILES string of the molecule is C#CCSCCNC(=NC)NC1CCc2ncnn2C1.I. The van der Waals surface area contributed by atoms with Gasteiger partial charge in [-0.05, 0) is 6.42 Å². The van der Waals surface area contributed by atoms with Crippen LogP contribution in [0.3, 0.4) is 0 Å². The molecule has 8 heteroatoms. The Balaban J connectivity index is 0.00000220. The van der Waals surface area contributed by atoms with Crippen molar-refractivity contribution in [1.29, 1.82) is 0 Å². The third-order valence-electron chi connectivity index (χ3n) is 3.09. The number of rotatable bonds is 5. The molecule has 0 spiro atoms. The highest BCUT2D eigenvalue weighted by Gasteiger charge is 2.20. The van der Waals surface area contributed by atoms with Crippen LogP contribution in [0.25, 0.3) is 0 Å². The summed E-state index contributed by atoms with van der Waals surface area (Å²) in [5, 5.41) is 10.9. The van der Waals surface area contributed by atoms with Crippen molar-refractivity contribution in [3.05, 3.63) is 12.2 Å². The molecule has 1 aliphatic rings. The molecule has 2 N–H and O–H groups in total. The Morgan fingerprint density at radius 1 is 1.67 bits per heavy atom. The maximum absolute atomic E-state index is 5.21. The number of fused-ring (bicyclic) bond motifs is 1. The topological polar surface area (TPSA) is 67.1 Å². The molecule has 2 rings (SSSR count). The summed E-state index contributed by atoms with van der Waals surface area (Å²) in [7, 11) is 1.79. The molecule has 1 aromatic rings. The summed E-state index contributed by atoms with van der Waals surface area (Å²) >= 11 is 1.74. The van der Waals surface area contributed by atoms with Gasteiger partial charge in [-0.1, -0.05) is 5.92 Å². The molecule has 0 fully saturated rings. The largest absolute Gasteiger partial charge is 0.356 e. The van der Waals surface area contributed by atoms with E-state index in [2.05, 4.69) is 31.6 Å². The lowest BCUT2D eigenvalue weighted by Gasteiger charge is -2.25. The van der Waals surface area contributed by atoms with Crippen molar-refractivity contribution >= 4 is 41.7 Å². The summed E-state index contributed by atoms with van der Waals surface area (Å²) in [6, 6.07) is 0.341. The van der Waals surface area contributed by atoms with E-state index in [1.54, 1.807) is 25.1 Å². The second kappa shape index (κ2) is 9.89. The van der Waals surface area contributed by atoms with Crippen molar-refractivity contribution in [2.24, 2.45) is 4.99 Å². The second-order valence-corrected chi connectivity index (χ2v) is 5.60. The summed E-state index contributed by atoms with van der Waals surface area (Å²) < 4.78 is 1.96. The number of hydrogen-bond donors (Lipinski definition) is 2. The minimum absolute atomic E-state index is 0. The zero-order chi connectivity index (χ0) is 14.2. The van der Waals surface area contributed by atoms with Gasteiger partial charge >= 0.3 is 0 Å². The van der Waals surface area contributed by atoms with E-state index in [4.69, 9.17) is 6.42 Å². The molecule has 0 aliphatic carbocycles. The van der Waals surface area contributed by atoms with Gasteiger partial charge in [0.05, 0.1) is 12.3 Å². The van der Waals surface area contributed by atoms with Gasteiger partial charge in [0.25, 0.3) is 0 Å². The van der Waals surface area contributed by atoms with Gasteiger partial charge in [-0.2, -0.15) is 5.10 Å². The van der Waals surface area contributed by atoms with Crippen LogP contribution in [0.5, 0.6) is 0 Å². The number of aromatic nitrogens is 3. The fourth-order valence-electron chi connectivity index (χ4n) is 2.12. The molecule has 116 valence electrons. The minimum Gasteiger partial charge on any atom is -0.356 e. The van der Waals surface area contributed by atoms with Gasteiger partial charge in [0, 0.05) is 31.8 Å². The first-order valence-electron chi connectivity index (χ1n) is 6.68. The minimum atomic E-state index is 0. The van der Waals surface area contributed by atoms with Crippen LogP contribution >= 0.6 is 35.7 Å². The van der Waals surface area contributed by atoms with Crippen LogP contribution in [-0.4, -0.2) is 51.9 Å². The molecule has 1 atom stereocenters. The zero-order valence-electron chi connectivity index (χ0n) is 12.1. The van der Waals surface area contributed by atoms with Crippen LogP contribution in [0.2, 0.25) is 0 Å². The molecule has 0 radical (unpaired) electrons. The van der Waals surface area contributed by atoms with Crippen molar-refractivity contribution in [3.8, 4) is 12.3 Å². The predicted octanol–water partition coefficient (Wildman–Crippen LogP) is 0.742. The van der Waals surface area contributed by atoms with Gasteiger partial charge in [-0.3, -0.25) is 4.99 Å². The summed E-state index contributed by atoms with van der Waals surface area (Å²) in [6.07, 6.45) is 8.83. The summed E-state index contributed by atoms with van der Waals surface area (Å²) in [6.45, 7) is 1.69. The lowest BCUT2D eigenvalue weighted by atomic mass is 10.1. The quantitative estimate of drug-likeness (QED) is 0.242. The third kappa shape index (κ3) is 5.74. The van der Waals surface area contributed by atoms with E-state index in [1.165, 1.54) is 0 Å². The molecule has 1 aliphatic heterocycles. The number of thioether (sulfide) groups is 1. The summed E-state index contributed by atoms with van der Waals surface area (Å²) in [4.78, 5) is 8.47. The summed E-state index contributed by atoms with van der Waals surface area (Å²) in [5.41, 5.74) is 0. The van der Waals surface area contributed by atoms with Gasteiger partial charge in [0.1, 0.15) is 12.2 Å². The van der Waals surface area contributed by atoms with Crippen LogP contribution in [0.1, 0.15) is 12.2 Å². The van der Waals surface area contributed by atoms with Crippen LogP contribution in [-0.2, 0) is 13.0 Å². The Labute approximate surface area is 147 Å². The number of aliphatic imine (C=N–C) groups is 1. The monoisotopic (exact) mass is 420 g/mol. The second-order valence-electron chi connectivity index (χ2n) is 4.49. The van der Waals surface area contributed by atoms with E-state index in [0.29, 0.717) is 6.04 Å². The Kier molecular flexibility index (Phi) is 8.52. The van der Waals surface area contributed by atoms with E-state index in [0.717, 1.165) is 49.2 Å². The van der Waals surface area contributed by atoms with Crippen molar-refractivity contribution in [1.82, 2.24) is 25.4 Å². The fourth-order valence-corrected chi connectivity index (χ4v) is 2.62. The molecule has 6 nitrogen and oxygen atoms in total. The van der Waals surface area contributed by atoms with Gasteiger partial charge < -0.3 is 10.6 Å². The van der Waals surface area contributed by atoms with Crippen LogP contribution in [0.15, 0.2) is 11.3 Å². The number of guanidine groups is 1. The molecular formula is C13H21IN6S. The van der Waals surface area contributed by atoms with Gasteiger partial charge in [0.2, 0.25) is 0 Å². The molecule has 0 aromatic carbocycles. The van der Waals surface area contributed by atoms with Crippen LogP contribution < -0.4 is 10.6 Å². The molecule has 0 saturated carbocycles. The normalized spacial score (nSPS) is 17.3. The van der Waals surface area contributed by atoms with E-state index in [-0.39, 0.29) is 24.0 Å². The Morgan fingerprint density at radius 3 is 3.29 bits per heavy atom. The third-order valence-corrected chi connectivity index (χ3v) is 3.96. The molecule has 2 heterocycles. The zero-order valence-corrected chi connectivity index (χ0v) is 15.2. The van der Waals surface area contributed by atoms with Crippen molar-refractivity contribution < 1.29 is 0 Å². The first kappa shape index (κ1) is 18.1. The van der Waals surface area contributed by atoms with Crippen molar-refractivity contribution in [2.45, 2.75) is 25.4 Å². The number of terminal acetylenes is 1. The smallest absolute Gasteiger partial charge is 0.191 e. The average Bonchev–Trinajstić information content (AvgIpc) is 2.93. The van der Waals surface area contributed by atoms with Gasteiger partial charge in [-0.25, -0.2) is 9.67 Å². The van der Waals surface area contributed by atoms with Crippen molar-refractivity contribution in [3.63, 3.8) is 0 Å². The molecular weight excluding hydrogens is 399 g/mol. The Hall–Kier alpha value is -0.950. The Bertz CT molecular complexity index is 495. The van der Waals surface area contributed by atoms with Crippen molar-refractivity contribution in [2.75, 3.05) is 25.1 Å². The molecule has 0 amide bonds. The molecule has 1 unspecified atom stereocenters. The first-order valence-corrected chi connectivity index (χ1v) is 7.84. The number of hydrogen-bond acceptors (Lipinski definition) is 4. The standard InChI is InChI=1S/C13H20N6S.HI/c1-3-7-20-8-6-15-13(14-2)18-11-4-5-12-16-10-17-19(12)9-11;/h1,10-11H,4-9H2,2H3,(H2,14,15,18);1H. The maximum atomic E-state index is 5.21. The highest BCUT2D eigenvalue weighted by atomic mass is 127. The van der Waals surface area contributed by atoms with Crippen LogP contribution in [0.4, 0.5) is 0 Å². The van der Waals surface area contributed by atoms with E-state index >= 15 is 0 Å².